The number of carbonyl (C=O) groups excluding carboxylic acids is 3. The van der Waals surface area contributed by atoms with E-state index in [1.807, 2.05) is 30.3 Å². The molecule has 3 aromatic rings. The molecule has 0 heterocycles. The molecule has 0 bridgehead atoms. The van der Waals surface area contributed by atoms with Crippen LogP contribution in [0.25, 0.3) is 16.8 Å². The molecule has 3 aromatic carbocycles. The van der Waals surface area contributed by atoms with Crippen molar-refractivity contribution < 1.29 is 23.9 Å². The summed E-state index contributed by atoms with van der Waals surface area (Å²) in [5.74, 6) is -1.44. The Bertz CT molecular complexity index is 1130. The molecule has 0 saturated carbocycles. The van der Waals surface area contributed by atoms with Crippen LogP contribution in [0.3, 0.4) is 0 Å². The number of hydrogen-bond acceptors (Lipinski definition) is 5. The molecule has 0 unspecified atom stereocenters. The minimum Gasteiger partial charge on any atom is -0.459 e. The highest BCUT2D eigenvalue weighted by atomic mass is 16.5. The quantitative estimate of drug-likeness (QED) is 0.191. The van der Waals surface area contributed by atoms with Crippen LogP contribution in [0.4, 0.5) is 0 Å². The molecule has 5 heteroatoms. The lowest BCUT2D eigenvalue weighted by Crippen LogP contribution is -2.18. The van der Waals surface area contributed by atoms with Crippen molar-refractivity contribution >= 4 is 34.6 Å². The van der Waals surface area contributed by atoms with Gasteiger partial charge in [-0.3, -0.25) is 4.79 Å². The van der Waals surface area contributed by atoms with Gasteiger partial charge in [0, 0.05) is 5.56 Å². The summed E-state index contributed by atoms with van der Waals surface area (Å²) in [7, 11) is 0. The predicted molar refractivity (Wildman–Crippen MR) is 115 cm³/mol. The lowest BCUT2D eigenvalue weighted by atomic mass is 10.00. The third kappa shape index (κ3) is 4.81. The van der Waals surface area contributed by atoms with Gasteiger partial charge in [-0.1, -0.05) is 48.5 Å². The summed E-state index contributed by atoms with van der Waals surface area (Å²) in [6, 6.07) is 19.5. The van der Waals surface area contributed by atoms with E-state index in [1.54, 1.807) is 50.2 Å². The number of benzene rings is 3. The van der Waals surface area contributed by atoms with Crippen LogP contribution < -0.4 is 4.74 Å². The molecule has 30 heavy (non-hydrogen) atoms. The summed E-state index contributed by atoms with van der Waals surface area (Å²) in [6.07, 6.45) is 1.06. The summed E-state index contributed by atoms with van der Waals surface area (Å²) >= 11 is 0. The number of ketones is 1. The topological polar surface area (TPSA) is 69.7 Å². The van der Waals surface area contributed by atoms with Gasteiger partial charge in [-0.25, -0.2) is 9.59 Å². The van der Waals surface area contributed by atoms with E-state index in [-0.39, 0.29) is 17.4 Å². The van der Waals surface area contributed by atoms with E-state index in [1.165, 1.54) is 13.0 Å². The first kappa shape index (κ1) is 21.0. The number of esters is 2. The Kier molecular flexibility index (Phi) is 6.42. The lowest BCUT2D eigenvalue weighted by molar-refractivity contribution is -0.143. The normalized spacial score (nSPS) is 11.4. The zero-order valence-corrected chi connectivity index (χ0v) is 17.0. The first-order valence-electron chi connectivity index (χ1n) is 9.59. The maximum atomic E-state index is 12.6. The van der Waals surface area contributed by atoms with Crippen LogP contribution in [0.1, 0.15) is 36.7 Å². The molecule has 0 N–H and O–H groups in total. The van der Waals surface area contributed by atoms with Crippen molar-refractivity contribution in [2.75, 3.05) is 0 Å². The first-order valence-corrected chi connectivity index (χ1v) is 9.59. The van der Waals surface area contributed by atoms with E-state index in [0.29, 0.717) is 11.1 Å². The summed E-state index contributed by atoms with van der Waals surface area (Å²) in [5, 5.41) is 1.62. The minimum absolute atomic E-state index is 0.114. The highest BCUT2D eigenvalue weighted by Gasteiger charge is 2.20. The van der Waals surface area contributed by atoms with Crippen molar-refractivity contribution in [3.05, 3.63) is 83.4 Å². The Morgan fingerprint density at radius 1 is 0.867 bits per heavy atom. The highest BCUT2D eigenvalue weighted by molar-refractivity contribution is 6.20. The molecular weight excluding hydrogens is 380 g/mol. The van der Waals surface area contributed by atoms with Gasteiger partial charge in [0.15, 0.2) is 5.78 Å². The molecule has 0 radical (unpaired) electrons. The monoisotopic (exact) mass is 402 g/mol. The predicted octanol–water partition coefficient (Wildman–Crippen LogP) is 4.98. The molecule has 5 nitrogen and oxygen atoms in total. The van der Waals surface area contributed by atoms with Crippen molar-refractivity contribution in [2.24, 2.45) is 0 Å². The van der Waals surface area contributed by atoms with Crippen LogP contribution in [0.15, 0.2) is 72.3 Å². The van der Waals surface area contributed by atoms with Crippen molar-refractivity contribution in [3.63, 3.8) is 0 Å². The minimum atomic E-state index is -0.717. The van der Waals surface area contributed by atoms with Crippen LogP contribution >= 0.6 is 0 Å². The smallest absolute Gasteiger partial charge is 0.343 e. The van der Waals surface area contributed by atoms with E-state index in [0.717, 1.165) is 10.8 Å². The van der Waals surface area contributed by atoms with Crippen LogP contribution in [0.2, 0.25) is 0 Å². The third-order valence-corrected chi connectivity index (χ3v) is 4.37. The van der Waals surface area contributed by atoms with E-state index >= 15 is 0 Å². The molecule has 0 aromatic heterocycles. The second kappa shape index (κ2) is 9.18. The summed E-state index contributed by atoms with van der Waals surface area (Å²) in [6.45, 7) is 4.72. The number of rotatable bonds is 6. The zero-order chi connectivity index (χ0) is 21.7. The van der Waals surface area contributed by atoms with Crippen molar-refractivity contribution in [3.8, 4) is 5.75 Å². The van der Waals surface area contributed by atoms with E-state index in [4.69, 9.17) is 9.47 Å². The zero-order valence-electron chi connectivity index (χ0n) is 17.0. The Balaban J connectivity index is 2.13. The van der Waals surface area contributed by atoms with Crippen LogP contribution in [0.5, 0.6) is 5.75 Å². The average molecular weight is 402 g/mol. The second-order valence-corrected chi connectivity index (χ2v) is 7.02. The standard InChI is InChI=1S/C25H22O5/c1-16(2)29-25(28)21(17(3)26)15-22-20-12-8-7-9-18(20)13-14-23(22)30-24(27)19-10-5-4-6-11-19/h4-16H,1-3H3/b21-15-. The van der Waals surface area contributed by atoms with Gasteiger partial charge in [-0.15, -0.1) is 0 Å². The highest BCUT2D eigenvalue weighted by Crippen LogP contribution is 2.31. The molecule has 0 aliphatic heterocycles. The summed E-state index contributed by atoms with van der Waals surface area (Å²) < 4.78 is 10.8. The molecule has 0 aliphatic rings. The number of fused-ring (bicyclic) bond motifs is 1. The molecular formula is C25H22O5. The number of carbonyl (C=O) groups is 3. The van der Waals surface area contributed by atoms with Crippen LogP contribution in [0, 0.1) is 0 Å². The van der Waals surface area contributed by atoms with E-state index in [9.17, 15) is 14.4 Å². The van der Waals surface area contributed by atoms with E-state index < -0.39 is 17.7 Å². The fraction of sp³-hybridized carbons (Fsp3) is 0.160. The van der Waals surface area contributed by atoms with Crippen LogP contribution in [-0.4, -0.2) is 23.8 Å². The molecule has 3 rings (SSSR count). The first-order chi connectivity index (χ1) is 14.4. The maximum Gasteiger partial charge on any atom is 0.343 e. The maximum absolute atomic E-state index is 12.6. The van der Waals surface area contributed by atoms with Gasteiger partial charge < -0.3 is 9.47 Å². The molecule has 0 amide bonds. The van der Waals surface area contributed by atoms with Gasteiger partial charge in [-0.05, 0) is 55.8 Å². The Morgan fingerprint density at radius 2 is 1.53 bits per heavy atom. The lowest BCUT2D eigenvalue weighted by Gasteiger charge is -2.13. The largest absolute Gasteiger partial charge is 0.459 e. The Morgan fingerprint density at radius 3 is 2.20 bits per heavy atom. The molecule has 0 spiro atoms. The van der Waals surface area contributed by atoms with Gasteiger partial charge in [0.25, 0.3) is 0 Å². The summed E-state index contributed by atoms with van der Waals surface area (Å²) in [5.41, 5.74) is 0.743. The average Bonchev–Trinajstić information content (AvgIpc) is 2.72. The fourth-order valence-corrected chi connectivity index (χ4v) is 2.97. The SMILES string of the molecule is CC(=O)/C(=C/c1c(OC(=O)c2ccccc2)ccc2ccccc12)C(=O)OC(C)C. The van der Waals surface area contributed by atoms with Gasteiger partial charge in [0.05, 0.1) is 11.7 Å². The number of hydrogen-bond donors (Lipinski definition) is 0. The summed E-state index contributed by atoms with van der Waals surface area (Å²) in [4.78, 5) is 37.3. The van der Waals surface area contributed by atoms with Crippen LogP contribution in [-0.2, 0) is 14.3 Å². The molecule has 0 saturated heterocycles. The third-order valence-electron chi connectivity index (χ3n) is 4.37. The number of Topliss-reactive ketones (excluding diaryl/α,β-unsaturated/α-hetero) is 1. The van der Waals surface area contributed by atoms with Crippen molar-refractivity contribution in [2.45, 2.75) is 26.9 Å². The molecule has 0 fully saturated rings. The Labute approximate surface area is 174 Å². The van der Waals surface area contributed by atoms with Gasteiger partial charge in [-0.2, -0.15) is 0 Å². The van der Waals surface area contributed by atoms with Gasteiger partial charge >= 0.3 is 11.9 Å². The second-order valence-electron chi connectivity index (χ2n) is 7.02. The molecule has 0 atom stereocenters. The van der Waals surface area contributed by atoms with Crippen molar-refractivity contribution in [1.29, 1.82) is 0 Å². The van der Waals surface area contributed by atoms with E-state index in [2.05, 4.69) is 0 Å². The van der Waals surface area contributed by atoms with Gasteiger partial charge in [0.1, 0.15) is 11.3 Å². The fourth-order valence-electron chi connectivity index (χ4n) is 2.97. The van der Waals surface area contributed by atoms with Crippen molar-refractivity contribution in [1.82, 2.24) is 0 Å². The molecule has 0 aliphatic carbocycles. The Hall–Kier alpha value is -3.73. The van der Waals surface area contributed by atoms with Gasteiger partial charge in [0.2, 0.25) is 0 Å². The number of ether oxygens (including phenoxy) is 2. The molecule has 152 valence electrons.